The molecule has 0 aliphatic carbocycles. The van der Waals surface area contributed by atoms with Crippen LogP contribution < -0.4 is 17.0 Å². The molecular formula is C21H25N3O6. The van der Waals surface area contributed by atoms with Gasteiger partial charge in [-0.05, 0) is 25.3 Å². The molecule has 1 aliphatic heterocycles. The second-order valence-corrected chi connectivity index (χ2v) is 7.08. The molecule has 0 amide bonds. The van der Waals surface area contributed by atoms with Gasteiger partial charge in [0.1, 0.15) is 11.4 Å². The Hall–Kier alpha value is -3.20. The van der Waals surface area contributed by atoms with Crippen LogP contribution in [0.25, 0.3) is 0 Å². The van der Waals surface area contributed by atoms with Crippen LogP contribution in [0.4, 0.5) is 5.82 Å². The number of rotatable bonds is 7. The van der Waals surface area contributed by atoms with Crippen molar-refractivity contribution in [1.82, 2.24) is 9.13 Å². The van der Waals surface area contributed by atoms with Crippen LogP contribution in [0, 0.1) is 5.92 Å². The van der Waals surface area contributed by atoms with Gasteiger partial charge in [0.2, 0.25) is 5.78 Å². The highest BCUT2D eigenvalue weighted by atomic mass is 16.5. The van der Waals surface area contributed by atoms with Crippen LogP contribution in [-0.2, 0) is 27.4 Å². The van der Waals surface area contributed by atoms with Crippen LogP contribution in [0.1, 0.15) is 35.7 Å². The number of aromatic nitrogens is 2. The van der Waals surface area contributed by atoms with Gasteiger partial charge in [-0.1, -0.05) is 30.3 Å². The highest BCUT2D eigenvalue weighted by molar-refractivity contribution is 6.01. The topological polar surface area (TPSA) is 123 Å². The maximum absolute atomic E-state index is 12.7. The standard InChI is InChI=1S/C21H25N3O6/c1-2-23-19(26)17(16(25)13-30-20(27)15-8-10-29-11-9-15)18(22)24(21(23)28)12-14-6-4-3-5-7-14/h3-7,15H,2,8-13,22H2,1H3. The van der Waals surface area contributed by atoms with Crippen molar-refractivity contribution in [2.75, 3.05) is 25.6 Å². The summed E-state index contributed by atoms with van der Waals surface area (Å²) in [5.41, 5.74) is 5.15. The predicted molar refractivity (Wildman–Crippen MR) is 109 cm³/mol. The van der Waals surface area contributed by atoms with E-state index in [2.05, 4.69) is 0 Å². The summed E-state index contributed by atoms with van der Waals surface area (Å²) in [6.07, 6.45) is 1.06. The minimum atomic E-state index is -0.781. The molecule has 2 N–H and O–H groups in total. The van der Waals surface area contributed by atoms with Crippen molar-refractivity contribution >= 4 is 17.6 Å². The van der Waals surface area contributed by atoms with Crippen LogP contribution in [0.15, 0.2) is 39.9 Å². The zero-order valence-electron chi connectivity index (χ0n) is 16.8. The Morgan fingerprint density at radius 3 is 2.43 bits per heavy atom. The molecule has 3 rings (SSSR count). The molecule has 2 aromatic rings. The number of anilines is 1. The van der Waals surface area contributed by atoms with E-state index in [0.29, 0.717) is 26.1 Å². The highest BCUT2D eigenvalue weighted by Gasteiger charge is 2.26. The Balaban J connectivity index is 1.88. The largest absolute Gasteiger partial charge is 0.457 e. The van der Waals surface area contributed by atoms with Crippen molar-refractivity contribution in [2.45, 2.75) is 32.9 Å². The van der Waals surface area contributed by atoms with Crippen molar-refractivity contribution in [3.63, 3.8) is 0 Å². The number of hydrogen-bond acceptors (Lipinski definition) is 7. The van der Waals surface area contributed by atoms with Gasteiger partial charge < -0.3 is 15.2 Å². The molecular weight excluding hydrogens is 390 g/mol. The molecule has 160 valence electrons. The third kappa shape index (κ3) is 4.51. The van der Waals surface area contributed by atoms with Crippen molar-refractivity contribution < 1.29 is 19.1 Å². The Kier molecular flexibility index (Phi) is 6.83. The Bertz CT molecular complexity index is 1040. The van der Waals surface area contributed by atoms with Gasteiger partial charge in [0.05, 0.1) is 12.5 Å². The fraction of sp³-hybridized carbons (Fsp3) is 0.429. The summed E-state index contributed by atoms with van der Waals surface area (Å²) < 4.78 is 12.5. The van der Waals surface area contributed by atoms with E-state index in [1.807, 2.05) is 30.3 Å². The summed E-state index contributed by atoms with van der Waals surface area (Å²) >= 11 is 0. The second kappa shape index (κ2) is 9.53. The van der Waals surface area contributed by atoms with Gasteiger partial charge in [0.25, 0.3) is 5.56 Å². The van der Waals surface area contributed by atoms with Gasteiger partial charge in [0, 0.05) is 19.8 Å². The second-order valence-electron chi connectivity index (χ2n) is 7.08. The zero-order valence-corrected chi connectivity index (χ0v) is 16.8. The van der Waals surface area contributed by atoms with E-state index in [1.54, 1.807) is 6.92 Å². The molecule has 2 heterocycles. The first-order valence-electron chi connectivity index (χ1n) is 9.88. The van der Waals surface area contributed by atoms with E-state index in [-0.39, 0.29) is 30.4 Å². The number of ketones is 1. The summed E-state index contributed by atoms with van der Waals surface area (Å²) in [6, 6.07) is 9.08. The number of nitrogen functional groups attached to an aromatic ring is 1. The molecule has 0 saturated carbocycles. The molecule has 9 nitrogen and oxygen atoms in total. The summed E-state index contributed by atoms with van der Waals surface area (Å²) in [5, 5.41) is 0. The van der Waals surface area contributed by atoms with E-state index >= 15 is 0 Å². The Labute approximate surface area is 173 Å². The molecule has 30 heavy (non-hydrogen) atoms. The number of ether oxygens (including phenoxy) is 2. The van der Waals surface area contributed by atoms with E-state index in [1.165, 1.54) is 4.57 Å². The smallest absolute Gasteiger partial charge is 0.332 e. The minimum Gasteiger partial charge on any atom is -0.457 e. The number of benzene rings is 1. The van der Waals surface area contributed by atoms with Crippen molar-refractivity contribution in [3.8, 4) is 0 Å². The molecule has 1 aromatic carbocycles. The average molecular weight is 415 g/mol. The first-order valence-corrected chi connectivity index (χ1v) is 9.88. The molecule has 1 aromatic heterocycles. The van der Waals surface area contributed by atoms with Crippen molar-refractivity contribution in [2.24, 2.45) is 5.92 Å². The van der Waals surface area contributed by atoms with Gasteiger partial charge >= 0.3 is 11.7 Å². The first-order chi connectivity index (χ1) is 14.4. The Morgan fingerprint density at radius 2 is 1.80 bits per heavy atom. The lowest BCUT2D eigenvalue weighted by Crippen LogP contribution is -2.44. The van der Waals surface area contributed by atoms with Crippen LogP contribution in [0.5, 0.6) is 0 Å². The first kappa shape index (κ1) is 21.5. The number of esters is 1. The highest BCUT2D eigenvalue weighted by Crippen LogP contribution is 2.16. The minimum absolute atomic E-state index is 0.0783. The molecule has 0 bridgehead atoms. The fourth-order valence-corrected chi connectivity index (χ4v) is 3.43. The van der Waals surface area contributed by atoms with Gasteiger partial charge in [-0.3, -0.25) is 23.5 Å². The number of Topliss-reactive ketones (excluding diaryl/α,β-unsaturated/α-hetero) is 1. The van der Waals surface area contributed by atoms with E-state index in [4.69, 9.17) is 15.2 Å². The van der Waals surface area contributed by atoms with Crippen LogP contribution >= 0.6 is 0 Å². The number of hydrogen-bond donors (Lipinski definition) is 1. The van der Waals surface area contributed by atoms with Crippen molar-refractivity contribution in [1.29, 1.82) is 0 Å². The maximum Gasteiger partial charge on any atom is 0.332 e. The monoisotopic (exact) mass is 415 g/mol. The Morgan fingerprint density at radius 1 is 1.13 bits per heavy atom. The molecule has 9 heteroatoms. The number of nitrogens with two attached hydrogens (primary N) is 1. The lowest BCUT2D eigenvalue weighted by atomic mass is 10.0. The van der Waals surface area contributed by atoms with Crippen LogP contribution in [0.2, 0.25) is 0 Å². The lowest BCUT2D eigenvalue weighted by molar-refractivity contribution is -0.150. The number of carbonyl (C=O) groups is 2. The quantitative estimate of drug-likeness (QED) is 0.524. The summed E-state index contributed by atoms with van der Waals surface area (Å²) in [6.45, 7) is 2.13. The molecule has 1 aliphatic rings. The lowest BCUT2D eigenvalue weighted by Gasteiger charge is -2.20. The van der Waals surface area contributed by atoms with Gasteiger partial charge in [0.15, 0.2) is 6.61 Å². The van der Waals surface area contributed by atoms with Crippen LogP contribution in [-0.4, -0.2) is 40.7 Å². The summed E-state index contributed by atoms with van der Waals surface area (Å²) in [7, 11) is 0. The average Bonchev–Trinajstić information content (AvgIpc) is 2.76. The van der Waals surface area contributed by atoms with E-state index in [9.17, 15) is 19.2 Å². The zero-order chi connectivity index (χ0) is 21.7. The fourth-order valence-electron chi connectivity index (χ4n) is 3.43. The molecule has 0 unspecified atom stereocenters. The van der Waals surface area contributed by atoms with Gasteiger partial charge in [-0.15, -0.1) is 0 Å². The van der Waals surface area contributed by atoms with Gasteiger partial charge in [-0.2, -0.15) is 0 Å². The normalized spacial score (nSPS) is 14.4. The molecule has 1 fully saturated rings. The molecule has 1 saturated heterocycles. The number of nitrogens with zero attached hydrogens (tertiary/aromatic N) is 2. The van der Waals surface area contributed by atoms with E-state index in [0.717, 1.165) is 10.1 Å². The molecule has 0 atom stereocenters. The molecule has 0 spiro atoms. The molecule has 0 radical (unpaired) electrons. The maximum atomic E-state index is 12.7. The third-order valence-electron chi connectivity index (χ3n) is 5.15. The third-order valence-corrected chi connectivity index (χ3v) is 5.15. The van der Waals surface area contributed by atoms with Crippen LogP contribution in [0.3, 0.4) is 0 Å². The summed E-state index contributed by atoms with van der Waals surface area (Å²) in [5.74, 6) is -1.80. The SMILES string of the molecule is CCn1c(=O)c(C(=O)COC(=O)C2CCOCC2)c(N)n(Cc2ccccc2)c1=O. The predicted octanol–water partition coefficient (Wildman–Crippen LogP) is 0.813. The summed E-state index contributed by atoms with van der Waals surface area (Å²) in [4.78, 5) is 50.4. The van der Waals surface area contributed by atoms with E-state index < -0.39 is 29.6 Å². The number of carbonyl (C=O) groups excluding carboxylic acids is 2. The van der Waals surface area contributed by atoms with Gasteiger partial charge in [-0.25, -0.2) is 4.79 Å². The van der Waals surface area contributed by atoms with Crippen molar-refractivity contribution in [3.05, 3.63) is 62.3 Å².